The van der Waals surface area contributed by atoms with E-state index in [1.54, 1.807) is 4.72 Å². The number of nitrogens with one attached hydrogen (secondary N) is 2. The summed E-state index contributed by atoms with van der Waals surface area (Å²) in [5.74, 6) is -1.88. The molecule has 0 aliphatic carbocycles. The van der Waals surface area contributed by atoms with Crippen molar-refractivity contribution < 1.29 is 32.6 Å². The van der Waals surface area contributed by atoms with Crippen molar-refractivity contribution in [2.75, 3.05) is 19.5 Å². The number of aromatic carboxylic acids is 1. The number of carbonyl (C=O) groups excluding carboxylic acids is 1. The van der Waals surface area contributed by atoms with Gasteiger partial charge in [0.25, 0.3) is 10.0 Å². The second-order valence-electron chi connectivity index (χ2n) is 4.48. The summed E-state index contributed by atoms with van der Waals surface area (Å²) in [6.07, 6.45) is 0.844. The van der Waals surface area contributed by atoms with E-state index in [2.05, 4.69) is 20.1 Å². The van der Waals surface area contributed by atoms with Gasteiger partial charge in [-0.1, -0.05) is 0 Å². The van der Waals surface area contributed by atoms with Crippen molar-refractivity contribution in [3.63, 3.8) is 0 Å². The number of aryl methyl sites for hydroxylation is 1. The summed E-state index contributed by atoms with van der Waals surface area (Å²) in [4.78, 5) is 34.1. The van der Waals surface area contributed by atoms with E-state index in [9.17, 15) is 18.0 Å². The van der Waals surface area contributed by atoms with Crippen molar-refractivity contribution >= 4 is 28.0 Å². The zero-order chi connectivity index (χ0) is 19.5. The standard InChI is InChI=1S/C11H13N7O7S/c1-18-6(5(4-12-18)7(19)20)26(22,23)17-9(21)13-8-14-10(24-2)16-11(15-8)25-3/h4H,1-3H3,(H,19,20)(H2,13,14,15,16,17,21). The number of nitrogens with zero attached hydrogens (tertiary/aromatic N) is 5. The molecule has 2 rings (SSSR count). The topological polar surface area (TPSA) is 188 Å². The number of urea groups is 1. The molecule has 0 radical (unpaired) electrons. The highest BCUT2D eigenvalue weighted by molar-refractivity contribution is 7.90. The number of sulfonamides is 1. The maximum atomic E-state index is 12.3. The van der Waals surface area contributed by atoms with Crippen LogP contribution in [-0.4, -0.2) is 64.5 Å². The number of carboxylic acid groups (broad SMARTS) is 1. The molecule has 26 heavy (non-hydrogen) atoms. The fourth-order valence-corrected chi connectivity index (χ4v) is 2.98. The first-order valence-electron chi connectivity index (χ1n) is 6.61. The van der Waals surface area contributed by atoms with Gasteiger partial charge in [0, 0.05) is 7.05 Å². The van der Waals surface area contributed by atoms with Crippen LogP contribution in [0.4, 0.5) is 10.7 Å². The monoisotopic (exact) mass is 387 g/mol. The second kappa shape index (κ2) is 7.18. The molecule has 2 amide bonds. The fourth-order valence-electron chi connectivity index (χ4n) is 1.77. The molecule has 0 saturated heterocycles. The number of methoxy groups -OCH3 is 2. The SMILES string of the molecule is COc1nc(NC(=O)NS(=O)(=O)c2c(C(=O)O)cnn2C)nc(OC)n1. The fraction of sp³-hybridized carbons (Fsp3) is 0.273. The lowest BCUT2D eigenvalue weighted by molar-refractivity contribution is 0.0692. The predicted molar refractivity (Wildman–Crippen MR) is 82.4 cm³/mol. The smallest absolute Gasteiger partial charge is 0.340 e. The minimum absolute atomic E-state index is 0.185. The largest absolute Gasteiger partial charge is 0.478 e. The number of carbonyl (C=O) groups is 2. The van der Waals surface area contributed by atoms with Crippen molar-refractivity contribution in [1.82, 2.24) is 29.5 Å². The highest BCUT2D eigenvalue weighted by atomic mass is 32.2. The van der Waals surface area contributed by atoms with E-state index in [1.165, 1.54) is 21.3 Å². The predicted octanol–water partition coefficient (Wildman–Crippen LogP) is -1.17. The van der Waals surface area contributed by atoms with Crippen molar-refractivity contribution in [1.29, 1.82) is 0 Å². The van der Waals surface area contributed by atoms with Crippen LogP contribution >= 0.6 is 0 Å². The molecule has 0 aliphatic rings. The summed E-state index contributed by atoms with van der Waals surface area (Å²) in [7, 11) is -0.816. The van der Waals surface area contributed by atoms with Crippen LogP contribution in [0.3, 0.4) is 0 Å². The molecule has 0 aromatic carbocycles. The second-order valence-corrected chi connectivity index (χ2v) is 6.08. The van der Waals surface area contributed by atoms with Crippen molar-refractivity contribution in [2.24, 2.45) is 7.05 Å². The van der Waals surface area contributed by atoms with Gasteiger partial charge in [-0.25, -0.2) is 14.3 Å². The molecule has 0 atom stereocenters. The van der Waals surface area contributed by atoms with Crippen LogP contribution in [0, 0.1) is 0 Å². The van der Waals surface area contributed by atoms with Crippen LogP contribution in [0.5, 0.6) is 12.0 Å². The first-order valence-corrected chi connectivity index (χ1v) is 8.09. The lowest BCUT2D eigenvalue weighted by atomic mass is 10.4. The van der Waals surface area contributed by atoms with Gasteiger partial charge in [-0.05, 0) is 0 Å². The summed E-state index contributed by atoms with van der Waals surface area (Å²) in [5.41, 5.74) is -0.601. The Morgan fingerprint density at radius 3 is 2.23 bits per heavy atom. The summed E-state index contributed by atoms with van der Waals surface area (Å²) in [6.45, 7) is 0. The molecular formula is C11H13N7O7S. The van der Waals surface area contributed by atoms with Gasteiger partial charge in [-0.3, -0.25) is 10.00 Å². The Hall–Kier alpha value is -3.49. The van der Waals surface area contributed by atoms with E-state index in [0.717, 1.165) is 10.9 Å². The van der Waals surface area contributed by atoms with E-state index in [0.29, 0.717) is 0 Å². The highest BCUT2D eigenvalue weighted by Gasteiger charge is 2.29. The molecule has 0 unspecified atom stereocenters. The summed E-state index contributed by atoms with van der Waals surface area (Å²) in [6, 6.07) is -1.62. The van der Waals surface area contributed by atoms with Gasteiger partial charge >= 0.3 is 24.0 Å². The molecule has 0 saturated carbocycles. The molecule has 0 spiro atoms. The average Bonchev–Trinajstić information content (AvgIpc) is 2.96. The maximum absolute atomic E-state index is 12.3. The number of amides is 2. The zero-order valence-corrected chi connectivity index (χ0v) is 14.4. The summed E-state index contributed by atoms with van der Waals surface area (Å²) < 4.78 is 36.6. The third-order valence-electron chi connectivity index (χ3n) is 2.78. The molecule has 2 aromatic heterocycles. The van der Waals surface area contributed by atoms with Crippen LogP contribution in [0.15, 0.2) is 11.2 Å². The Labute approximate surface area is 146 Å². The molecular weight excluding hydrogens is 374 g/mol. The number of hydrogen-bond donors (Lipinski definition) is 3. The van der Waals surface area contributed by atoms with Crippen molar-refractivity contribution in [2.45, 2.75) is 5.03 Å². The lowest BCUT2D eigenvalue weighted by Crippen LogP contribution is -2.36. The first kappa shape index (κ1) is 18.8. The van der Waals surface area contributed by atoms with Crippen LogP contribution in [0.2, 0.25) is 0 Å². The normalized spacial score (nSPS) is 10.9. The number of aromatic nitrogens is 5. The van der Waals surface area contributed by atoms with E-state index >= 15 is 0 Å². The number of anilines is 1. The zero-order valence-electron chi connectivity index (χ0n) is 13.6. The minimum atomic E-state index is -4.55. The van der Waals surface area contributed by atoms with Crippen LogP contribution < -0.4 is 19.5 Å². The van der Waals surface area contributed by atoms with E-state index in [1.807, 2.05) is 5.32 Å². The van der Waals surface area contributed by atoms with Gasteiger partial charge in [0.2, 0.25) is 5.95 Å². The minimum Gasteiger partial charge on any atom is -0.478 e. The average molecular weight is 387 g/mol. The molecule has 0 fully saturated rings. The van der Waals surface area contributed by atoms with Gasteiger partial charge in [-0.2, -0.15) is 23.5 Å². The molecule has 2 heterocycles. The highest BCUT2D eigenvalue weighted by Crippen LogP contribution is 2.15. The maximum Gasteiger partial charge on any atom is 0.340 e. The van der Waals surface area contributed by atoms with Crippen molar-refractivity contribution in [3.05, 3.63) is 11.8 Å². The van der Waals surface area contributed by atoms with Crippen LogP contribution in [0.1, 0.15) is 10.4 Å². The Morgan fingerprint density at radius 2 is 1.73 bits per heavy atom. The Bertz CT molecular complexity index is 934. The van der Waals surface area contributed by atoms with Gasteiger partial charge < -0.3 is 14.6 Å². The molecule has 15 heteroatoms. The lowest BCUT2D eigenvalue weighted by Gasteiger charge is -2.09. The molecule has 0 bridgehead atoms. The molecule has 0 aliphatic heterocycles. The molecule has 3 N–H and O–H groups in total. The van der Waals surface area contributed by atoms with E-state index in [-0.39, 0.29) is 18.0 Å². The summed E-state index contributed by atoms with van der Waals surface area (Å²) >= 11 is 0. The Morgan fingerprint density at radius 1 is 1.15 bits per heavy atom. The van der Waals surface area contributed by atoms with Crippen LogP contribution in [-0.2, 0) is 17.1 Å². The van der Waals surface area contributed by atoms with Crippen molar-refractivity contribution in [3.8, 4) is 12.0 Å². The third kappa shape index (κ3) is 3.94. The van der Waals surface area contributed by atoms with Gasteiger partial charge in [-0.15, -0.1) is 4.98 Å². The number of rotatable bonds is 6. The number of ether oxygens (including phenoxy) is 2. The first-order chi connectivity index (χ1) is 12.2. The Balaban J connectivity index is 2.25. The Kier molecular flexibility index (Phi) is 5.20. The number of carboxylic acids is 1. The quantitative estimate of drug-likeness (QED) is 0.542. The van der Waals surface area contributed by atoms with Gasteiger partial charge in [0.1, 0.15) is 5.56 Å². The van der Waals surface area contributed by atoms with Crippen LogP contribution in [0.25, 0.3) is 0 Å². The summed E-state index contributed by atoms with van der Waals surface area (Å²) in [5, 5.41) is 13.9. The molecule has 14 nitrogen and oxygen atoms in total. The molecule has 2 aromatic rings. The van der Waals surface area contributed by atoms with E-state index < -0.39 is 32.6 Å². The number of hydrogen-bond acceptors (Lipinski definition) is 10. The van der Waals surface area contributed by atoms with Gasteiger partial charge in [0.15, 0.2) is 5.03 Å². The third-order valence-corrected chi connectivity index (χ3v) is 4.23. The van der Waals surface area contributed by atoms with Gasteiger partial charge in [0.05, 0.1) is 20.4 Å². The molecule has 140 valence electrons. The van der Waals surface area contributed by atoms with E-state index in [4.69, 9.17) is 14.6 Å².